The lowest BCUT2D eigenvalue weighted by Crippen LogP contribution is -2.56. The summed E-state index contributed by atoms with van der Waals surface area (Å²) in [5, 5.41) is 9.49. The highest BCUT2D eigenvalue weighted by Crippen LogP contribution is 2.28. The first-order valence-corrected chi connectivity index (χ1v) is 6.00. The molecule has 0 amide bonds. The number of nitrogens with zero attached hydrogens (tertiary/aromatic N) is 1. The van der Waals surface area contributed by atoms with Crippen LogP contribution in [0.3, 0.4) is 0 Å². The van der Waals surface area contributed by atoms with Crippen LogP contribution >= 0.6 is 0 Å². The van der Waals surface area contributed by atoms with E-state index < -0.39 is 0 Å². The first-order valence-electron chi connectivity index (χ1n) is 6.00. The minimum absolute atomic E-state index is 0.102. The van der Waals surface area contributed by atoms with Crippen molar-refractivity contribution in [2.24, 2.45) is 11.1 Å². The van der Waals surface area contributed by atoms with Crippen LogP contribution < -0.4 is 5.73 Å². The van der Waals surface area contributed by atoms with Gasteiger partial charge in [0.1, 0.15) is 0 Å². The molecule has 3 N–H and O–H groups in total. The molecule has 0 aromatic rings. The number of aliphatic hydroxyl groups excluding tert-OH is 1. The predicted octanol–water partition coefficient (Wildman–Crippen LogP) is 1.20. The van der Waals surface area contributed by atoms with Gasteiger partial charge in [-0.05, 0) is 25.2 Å². The second-order valence-corrected chi connectivity index (χ2v) is 5.94. The van der Waals surface area contributed by atoms with Gasteiger partial charge in [-0.25, -0.2) is 0 Å². The maximum absolute atomic E-state index is 9.49. The molecule has 2 atom stereocenters. The molecule has 0 aliphatic carbocycles. The molecular weight excluding hydrogens is 188 g/mol. The first-order chi connectivity index (χ1) is 6.82. The third-order valence-electron chi connectivity index (χ3n) is 3.28. The van der Waals surface area contributed by atoms with E-state index in [1.807, 2.05) is 0 Å². The van der Waals surface area contributed by atoms with Gasteiger partial charge in [0.25, 0.3) is 0 Å². The van der Waals surface area contributed by atoms with Gasteiger partial charge in [0.2, 0.25) is 0 Å². The Morgan fingerprint density at radius 3 is 2.07 bits per heavy atom. The van der Waals surface area contributed by atoms with E-state index in [0.717, 1.165) is 25.9 Å². The molecule has 1 fully saturated rings. The van der Waals surface area contributed by atoms with Crippen molar-refractivity contribution in [3.05, 3.63) is 0 Å². The summed E-state index contributed by atoms with van der Waals surface area (Å²) in [7, 11) is 0. The van der Waals surface area contributed by atoms with E-state index in [0.29, 0.717) is 6.04 Å². The van der Waals surface area contributed by atoms with E-state index in [-0.39, 0.29) is 17.6 Å². The Bertz CT molecular complexity index is 190. The van der Waals surface area contributed by atoms with Gasteiger partial charge in [-0.3, -0.25) is 4.90 Å². The van der Waals surface area contributed by atoms with Gasteiger partial charge >= 0.3 is 0 Å². The Morgan fingerprint density at radius 2 is 1.73 bits per heavy atom. The van der Waals surface area contributed by atoms with Crippen LogP contribution in [-0.2, 0) is 0 Å². The minimum Gasteiger partial charge on any atom is -0.393 e. The van der Waals surface area contributed by atoms with E-state index in [2.05, 4.69) is 32.6 Å². The number of hydrogen-bond donors (Lipinski definition) is 2. The predicted molar refractivity (Wildman–Crippen MR) is 63.7 cm³/mol. The molecule has 90 valence electrons. The van der Waals surface area contributed by atoms with Crippen LogP contribution in [0.15, 0.2) is 0 Å². The van der Waals surface area contributed by atoms with Gasteiger partial charge in [0.05, 0.1) is 6.10 Å². The lowest BCUT2D eigenvalue weighted by atomic mass is 9.81. The van der Waals surface area contributed by atoms with Crippen molar-refractivity contribution in [2.75, 3.05) is 13.1 Å². The fraction of sp³-hybridized carbons (Fsp3) is 1.00. The number of likely N-dealkylation sites (tertiary alicyclic amines) is 1. The molecule has 15 heavy (non-hydrogen) atoms. The van der Waals surface area contributed by atoms with Crippen LogP contribution in [0, 0.1) is 5.41 Å². The molecule has 0 saturated carbocycles. The molecule has 0 spiro atoms. The third kappa shape index (κ3) is 3.44. The van der Waals surface area contributed by atoms with E-state index in [9.17, 15) is 5.11 Å². The fourth-order valence-electron chi connectivity index (χ4n) is 2.83. The Kier molecular flexibility index (Phi) is 4.15. The monoisotopic (exact) mass is 214 g/mol. The van der Waals surface area contributed by atoms with E-state index in [1.165, 1.54) is 0 Å². The average molecular weight is 214 g/mol. The molecular formula is C12H26N2O. The molecule has 3 heteroatoms. The Hall–Kier alpha value is -0.120. The summed E-state index contributed by atoms with van der Waals surface area (Å²) < 4.78 is 0. The number of piperidine rings is 1. The molecule has 3 nitrogen and oxygen atoms in total. The molecule has 0 bridgehead atoms. The van der Waals surface area contributed by atoms with Crippen molar-refractivity contribution >= 4 is 0 Å². The van der Waals surface area contributed by atoms with Crippen LogP contribution in [0.5, 0.6) is 0 Å². The number of nitrogens with two attached hydrogens (primary N) is 1. The van der Waals surface area contributed by atoms with Crippen LogP contribution in [-0.4, -0.2) is 41.3 Å². The summed E-state index contributed by atoms with van der Waals surface area (Å²) in [6.45, 7) is 10.8. The standard InChI is InChI=1S/C12H26N2O/c1-9(13)11(12(2,3)4)14-7-5-10(15)6-8-14/h9-11,15H,5-8,13H2,1-4H3. The van der Waals surface area contributed by atoms with Gasteiger partial charge in [-0.2, -0.15) is 0 Å². The maximum Gasteiger partial charge on any atom is 0.0564 e. The summed E-state index contributed by atoms with van der Waals surface area (Å²) in [6.07, 6.45) is 1.67. The second kappa shape index (κ2) is 4.81. The summed E-state index contributed by atoms with van der Waals surface area (Å²) in [4.78, 5) is 2.44. The van der Waals surface area contributed by atoms with E-state index in [1.54, 1.807) is 0 Å². The molecule has 0 aromatic heterocycles. The van der Waals surface area contributed by atoms with Crippen molar-refractivity contribution in [2.45, 2.75) is 58.7 Å². The first kappa shape index (κ1) is 12.9. The van der Waals surface area contributed by atoms with Crippen molar-refractivity contribution in [3.63, 3.8) is 0 Å². The largest absolute Gasteiger partial charge is 0.393 e. The average Bonchev–Trinajstić information content (AvgIpc) is 2.05. The summed E-state index contributed by atoms with van der Waals surface area (Å²) >= 11 is 0. The van der Waals surface area contributed by atoms with Gasteiger partial charge in [-0.1, -0.05) is 20.8 Å². The van der Waals surface area contributed by atoms with Crippen molar-refractivity contribution < 1.29 is 5.11 Å². The molecule has 2 unspecified atom stereocenters. The molecule has 0 aromatic carbocycles. The molecule has 1 rings (SSSR count). The Labute approximate surface area is 93.6 Å². The molecule has 1 aliphatic rings. The highest BCUT2D eigenvalue weighted by Gasteiger charge is 2.34. The molecule has 1 saturated heterocycles. The molecule has 1 heterocycles. The molecule has 1 aliphatic heterocycles. The zero-order valence-corrected chi connectivity index (χ0v) is 10.5. The normalized spacial score (nSPS) is 25.2. The summed E-state index contributed by atoms with van der Waals surface area (Å²) in [6, 6.07) is 0.588. The second-order valence-electron chi connectivity index (χ2n) is 5.94. The van der Waals surface area contributed by atoms with Gasteiger partial charge in [0, 0.05) is 25.2 Å². The van der Waals surface area contributed by atoms with Crippen LogP contribution in [0.25, 0.3) is 0 Å². The number of rotatable bonds is 2. The smallest absolute Gasteiger partial charge is 0.0564 e. The van der Waals surface area contributed by atoms with Crippen LogP contribution in [0.1, 0.15) is 40.5 Å². The SMILES string of the molecule is CC(N)C(N1CCC(O)CC1)C(C)(C)C. The van der Waals surface area contributed by atoms with E-state index in [4.69, 9.17) is 5.73 Å². The van der Waals surface area contributed by atoms with Crippen molar-refractivity contribution in [1.82, 2.24) is 4.90 Å². The Morgan fingerprint density at radius 1 is 1.27 bits per heavy atom. The van der Waals surface area contributed by atoms with Gasteiger partial charge in [-0.15, -0.1) is 0 Å². The maximum atomic E-state index is 9.49. The number of aliphatic hydroxyl groups is 1. The summed E-state index contributed by atoms with van der Waals surface area (Å²) in [5.74, 6) is 0. The van der Waals surface area contributed by atoms with Gasteiger partial charge < -0.3 is 10.8 Å². The van der Waals surface area contributed by atoms with Crippen molar-refractivity contribution in [3.8, 4) is 0 Å². The van der Waals surface area contributed by atoms with E-state index >= 15 is 0 Å². The van der Waals surface area contributed by atoms with Crippen LogP contribution in [0.4, 0.5) is 0 Å². The highest BCUT2D eigenvalue weighted by atomic mass is 16.3. The Balaban J connectivity index is 2.65. The number of hydrogen-bond acceptors (Lipinski definition) is 3. The van der Waals surface area contributed by atoms with Crippen LogP contribution in [0.2, 0.25) is 0 Å². The molecule has 0 radical (unpaired) electrons. The quantitative estimate of drug-likeness (QED) is 0.726. The lowest BCUT2D eigenvalue weighted by Gasteiger charge is -2.45. The third-order valence-corrected chi connectivity index (χ3v) is 3.28. The fourth-order valence-corrected chi connectivity index (χ4v) is 2.83. The highest BCUT2D eigenvalue weighted by molar-refractivity contribution is 4.91. The minimum atomic E-state index is -0.102. The topological polar surface area (TPSA) is 49.5 Å². The lowest BCUT2D eigenvalue weighted by molar-refractivity contribution is 0.0185. The van der Waals surface area contributed by atoms with Gasteiger partial charge in [0.15, 0.2) is 0 Å². The zero-order valence-electron chi connectivity index (χ0n) is 10.5. The van der Waals surface area contributed by atoms with Crippen molar-refractivity contribution in [1.29, 1.82) is 0 Å². The summed E-state index contributed by atoms with van der Waals surface area (Å²) in [5.41, 5.74) is 6.29. The zero-order chi connectivity index (χ0) is 11.6.